The van der Waals surface area contributed by atoms with Crippen molar-refractivity contribution in [1.29, 1.82) is 0 Å². The summed E-state index contributed by atoms with van der Waals surface area (Å²) in [6, 6.07) is 5.86. The van der Waals surface area contributed by atoms with E-state index >= 15 is 4.39 Å². The summed E-state index contributed by atoms with van der Waals surface area (Å²) >= 11 is 3.41. The van der Waals surface area contributed by atoms with Crippen LogP contribution in [-0.2, 0) is 26.0 Å². The minimum atomic E-state index is -3.88. The Morgan fingerprint density at radius 3 is 2.40 bits per heavy atom. The number of halogens is 2. The van der Waals surface area contributed by atoms with Crippen molar-refractivity contribution in [2.45, 2.75) is 91.8 Å². The van der Waals surface area contributed by atoms with Crippen LogP contribution >= 0.6 is 15.9 Å². The largest absolute Gasteiger partial charge is 0.444 e. The van der Waals surface area contributed by atoms with E-state index in [0.717, 1.165) is 27.2 Å². The van der Waals surface area contributed by atoms with Gasteiger partial charge in [0.15, 0.2) is 0 Å². The lowest BCUT2D eigenvalue weighted by atomic mass is 9.69. The highest BCUT2D eigenvalue weighted by Crippen LogP contribution is 2.70. The maximum atomic E-state index is 16.0. The number of carbonyl (C=O) groups excluding carboxylic acids is 2. The fourth-order valence-electron chi connectivity index (χ4n) is 7.12. The van der Waals surface area contributed by atoms with Gasteiger partial charge in [-0.25, -0.2) is 21.9 Å². The number of nitrogens with zero attached hydrogens (tertiary/aromatic N) is 1. The van der Waals surface area contributed by atoms with Crippen LogP contribution < -0.4 is 5.32 Å². The number of fused-ring (bicyclic) bond motifs is 1. The predicted molar refractivity (Wildman–Crippen MR) is 156 cm³/mol. The maximum absolute atomic E-state index is 16.0. The third kappa shape index (κ3) is 5.72. The number of hydrogen-bond acceptors (Lipinski definition) is 5. The SMILES string of the molecule is CC(C)[C@H](NC(=O)OC(C)(C)C)/C(F)=C/[C@H](Cc1ccc(Br)cc1)C(=O)N1[C@H]2C[C@@H]3CC[C@@]2(CS1(=O)=O)C3(C)C. The van der Waals surface area contributed by atoms with Crippen molar-refractivity contribution in [2.75, 3.05) is 5.75 Å². The zero-order valence-corrected chi connectivity index (χ0v) is 26.9. The molecule has 7 nitrogen and oxygen atoms in total. The van der Waals surface area contributed by atoms with Crippen LogP contribution in [0.25, 0.3) is 0 Å². The van der Waals surface area contributed by atoms with Gasteiger partial charge in [-0.1, -0.05) is 55.8 Å². The van der Waals surface area contributed by atoms with Crippen LogP contribution in [0.1, 0.15) is 73.3 Å². The second kappa shape index (κ2) is 10.7. The third-order valence-corrected chi connectivity index (χ3v) is 11.8. The Kier molecular flexibility index (Phi) is 8.31. The summed E-state index contributed by atoms with van der Waals surface area (Å²) in [6.45, 7) is 12.9. The van der Waals surface area contributed by atoms with E-state index in [1.54, 1.807) is 34.6 Å². The molecule has 3 fully saturated rings. The Labute approximate surface area is 246 Å². The number of hydrogen-bond donors (Lipinski definition) is 1. The molecule has 1 aromatic carbocycles. The number of amides is 2. The van der Waals surface area contributed by atoms with Gasteiger partial charge in [0.05, 0.1) is 23.8 Å². The summed E-state index contributed by atoms with van der Waals surface area (Å²) < 4.78 is 50.5. The predicted octanol–water partition coefficient (Wildman–Crippen LogP) is 6.38. The third-order valence-electron chi connectivity index (χ3n) is 9.31. The van der Waals surface area contributed by atoms with Gasteiger partial charge in [-0.2, -0.15) is 0 Å². The van der Waals surface area contributed by atoms with Gasteiger partial charge >= 0.3 is 6.09 Å². The normalized spacial score (nSPS) is 28.4. The zero-order valence-electron chi connectivity index (χ0n) is 24.5. The number of alkyl carbamates (subject to hydrolysis) is 1. The molecule has 1 aromatic rings. The molecular weight excluding hydrogens is 599 g/mol. The van der Waals surface area contributed by atoms with Crippen molar-refractivity contribution in [2.24, 2.45) is 28.6 Å². The first-order chi connectivity index (χ1) is 18.4. The molecule has 0 unspecified atom stereocenters. The van der Waals surface area contributed by atoms with Crippen LogP contribution in [0.5, 0.6) is 0 Å². The van der Waals surface area contributed by atoms with Gasteiger partial charge in [-0.3, -0.25) is 4.79 Å². The number of carbonyl (C=O) groups is 2. The van der Waals surface area contributed by atoms with E-state index in [-0.39, 0.29) is 23.5 Å². The van der Waals surface area contributed by atoms with E-state index in [9.17, 15) is 18.0 Å². The Morgan fingerprint density at radius 1 is 1.23 bits per heavy atom. The molecule has 1 N–H and O–H groups in total. The highest BCUT2D eigenvalue weighted by atomic mass is 79.9. The van der Waals surface area contributed by atoms with Crippen molar-refractivity contribution in [3.8, 4) is 0 Å². The molecule has 2 bridgehead atoms. The van der Waals surface area contributed by atoms with Crippen molar-refractivity contribution in [3.63, 3.8) is 0 Å². The smallest absolute Gasteiger partial charge is 0.408 e. The molecule has 2 amide bonds. The van der Waals surface area contributed by atoms with Crippen LogP contribution in [0.2, 0.25) is 0 Å². The topological polar surface area (TPSA) is 92.8 Å². The Bertz CT molecular complexity index is 1290. The van der Waals surface area contributed by atoms with Crippen LogP contribution in [-0.4, -0.2) is 48.2 Å². The fourth-order valence-corrected chi connectivity index (χ4v) is 9.97. The number of nitrogens with one attached hydrogen (secondary N) is 1. The molecule has 222 valence electrons. The van der Waals surface area contributed by atoms with Crippen LogP contribution in [0.3, 0.4) is 0 Å². The van der Waals surface area contributed by atoms with E-state index in [4.69, 9.17) is 4.74 Å². The first-order valence-electron chi connectivity index (χ1n) is 14.0. The van der Waals surface area contributed by atoms with Crippen molar-refractivity contribution >= 4 is 38.0 Å². The van der Waals surface area contributed by atoms with E-state index in [1.807, 2.05) is 24.3 Å². The molecule has 1 aliphatic heterocycles. The van der Waals surface area contributed by atoms with Gasteiger partial charge in [0, 0.05) is 9.89 Å². The molecular formula is C30H42BrFN2O5S. The average molecular weight is 642 g/mol. The molecule has 2 saturated carbocycles. The number of ether oxygens (including phenoxy) is 1. The lowest BCUT2D eigenvalue weighted by Crippen LogP contribution is -2.46. The molecule has 1 spiro atoms. The summed E-state index contributed by atoms with van der Waals surface area (Å²) in [5.74, 6) is -2.43. The summed E-state index contributed by atoms with van der Waals surface area (Å²) in [6.07, 6.45) is 2.93. The zero-order chi connectivity index (χ0) is 29.8. The summed E-state index contributed by atoms with van der Waals surface area (Å²) in [5, 5.41) is 2.59. The highest BCUT2D eigenvalue weighted by Gasteiger charge is 2.72. The minimum absolute atomic E-state index is 0.0497. The van der Waals surface area contributed by atoms with Crippen LogP contribution in [0, 0.1) is 28.6 Å². The molecule has 2 aliphatic carbocycles. The van der Waals surface area contributed by atoms with E-state index in [1.165, 1.54) is 6.08 Å². The Hall–Kier alpha value is -1.94. The molecule has 3 aliphatic rings. The molecule has 0 radical (unpaired) electrons. The monoisotopic (exact) mass is 640 g/mol. The fraction of sp³-hybridized carbons (Fsp3) is 0.667. The summed E-state index contributed by atoms with van der Waals surface area (Å²) in [4.78, 5) is 26.7. The van der Waals surface area contributed by atoms with Crippen molar-refractivity contribution < 1.29 is 27.1 Å². The van der Waals surface area contributed by atoms with Gasteiger partial charge in [0.2, 0.25) is 15.9 Å². The van der Waals surface area contributed by atoms with Crippen molar-refractivity contribution in [3.05, 3.63) is 46.2 Å². The van der Waals surface area contributed by atoms with Gasteiger partial charge in [-0.05, 0) is 87.5 Å². The average Bonchev–Trinajstić information content (AvgIpc) is 3.29. The second-order valence-electron chi connectivity index (χ2n) is 13.6. The number of benzene rings is 1. The molecule has 1 saturated heterocycles. The van der Waals surface area contributed by atoms with Gasteiger partial charge in [0.25, 0.3) is 0 Å². The standard InChI is InChI=1S/C30H42BrFN2O5S/c1-18(2)25(33-27(36)39-28(3,4)5)23(32)15-20(14-19-8-10-22(31)11-9-19)26(35)34-24-16-21-12-13-30(24,29(21,6)7)17-40(34,37)38/h8-11,15,18,20-21,24-25H,12-14,16-17H2,1-7H3,(H,33,36)/b23-15-/t20-,21-,24-,25-,30-/m0/s1. The first kappa shape index (κ1) is 31.0. The first-order valence-corrected chi connectivity index (χ1v) is 16.5. The molecule has 1 heterocycles. The molecule has 0 aromatic heterocycles. The van der Waals surface area contributed by atoms with E-state index < -0.39 is 56.9 Å². The molecule has 40 heavy (non-hydrogen) atoms. The summed E-state index contributed by atoms with van der Waals surface area (Å²) in [5.41, 5.74) is -0.663. The highest BCUT2D eigenvalue weighted by molar-refractivity contribution is 9.10. The van der Waals surface area contributed by atoms with Crippen LogP contribution in [0.4, 0.5) is 9.18 Å². The maximum Gasteiger partial charge on any atom is 0.408 e. The van der Waals surface area contributed by atoms with Crippen molar-refractivity contribution in [1.82, 2.24) is 9.62 Å². The molecule has 5 atom stereocenters. The van der Waals surface area contributed by atoms with E-state index in [0.29, 0.717) is 12.3 Å². The Balaban J connectivity index is 1.69. The minimum Gasteiger partial charge on any atom is -0.444 e. The van der Waals surface area contributed by atoms with Crippen LogP contribution in [0.15, 0.2) is 40.6 Å². The number of sulfonamides is 1. The molecule has 4 rings (SSSR count). The molecule has 10 heteroatoms. The van der Waals surface area contributed by atoms with Gasteiger partial charge in [-0.15, -0.1) is 0 Å². The Morgan fingerprint density at radius 2 is 1.85 bits per heavy atom. The van der Waals surface area contributed by atoms with Gasteiger partial charge < -0.3 is 10.1 Å². The summed E-state index contributed by atoms with van der Waals surface area (Å²) in [7, 11) is -3.88. The quantitative estimate of drug-likeness (QED) is 0.373. The van der Waals surface area contributed by atoms with E-state index in [2.05, 4.69) is 35.1 Å². The second-order valence-corrected chi connectivity index (χ2v) is 16.4. The number of rotatable bonds is 7. The van der Waals surface area contributed by atoms with Gasteiger partial charge in [0.1, 0.15) is 11.4 Å². The lowest BCUT2D eigenvalue weighted by molar-refractivity contribution is -0.131. The lowest BCUT2D eigenvalue weighted by Gasteiger charge is -2.37.